The fourth-order valence-electron chi connectivity index (χ4n) is 1.74. The third-order valence-corrected chi connectivity index (χ3v) is 4.22. The summed E-state index contributed by atoms with van der Waals surface area (Å²) in [5.74, 6) is -1.27. The Morgan fingerprint density at radius 3 is 2.67 bits per heavy atom. The smallest absolute Gasteiger partial charge is 0.237 e. The molecular formula is C15H15FN2O2S. The summed E-state index contributed by atoms with van der Waals surface area (Å²) in [6.07, 6.45) is 0. The highest BCUT2D eigenvalue weighted by molar-refractivity contribution is 7.85. The largest absolute Gasteiger partial charge is 0.399 e. The predicted octanol–water partition coefficient (Wildman–Crippen LogP) is 2.46. The SMILES string of the molecule is Cc1cc(S(=O)CC(=O)Nc2ccccc2F)ccc1N. The van der Waals surface area contributed by atoms with Gasteiger partial charge in [0.15, 0.2) is 0 Å². The van der Waals surface area contributed by atoms with Gasteiger partial charge in [-0.15, -0.1) is 0 Å². The van der Waals surface area contributed by atoms with Gasteiger partial charge in [0.25, 0.3) is 0 Å². The second kappa shape index (κ2) is 6.49. The maximum Gasteiger partial charge on any atom is 0.237 e. The van der Waals surface area contributed by atoms with Crippen molar-refractivity contribution in [2.45, 2.75) is 11.8 Å². The highest BCUT2D eigenvalue weighted by atomic mass is 32.2. The first-order chi connectivity index (χ1) is 9.97. The number of halogens is 1. The second-order valence-corrected chi connectivity index (χ2v) is 5.99. The molecule has 0 radical (unpaired) electrons. The highest BCUT2D eigenvalue weighted by Gasteiger charge is 2.12. The number of anilines is 2. The second-order valence-electron chi connectivity index (χ2n) is 4.54. The molecule has 0 heterocycles. The van der Waals surface area contributed by atoms with Crippen LogP contribution >= 0.6 is 0 Å². The number of aryl methyl sites for hydroxylation is 1. The lowest BCUT2D eigenvalue weighted by atomic mass is 10.2. The van der Waals surface area contributed by atoms with E-state index in [9.17, 15) is 13.4 Å². The van der Waals surface area contributed by atoms with Crippen LogP contribution in [0.2, 0.25) is 0 Å². The molecule has 1 atom stereocenters. The average Bonchev–Trinajstić information content (AvgIpc) is 2.44. The number of para-hydroxylation sites is 1. The lowest BCUT2D eigenvalue weighted by molar-refractivity contribution is -0.113. The third kappa shape index (κ3) is 3.88. The molecule has 1 amide bonds. The van der Waals surface area contributed by atoms with Gasteiger partial charge in [-0.25, -0.2) is 4.39 Å². The third-order valence-electron chi connectivity index (χ3n) is 2.91. The van der Waals surface area contributed by atoms with E-state index in [1.165, 1.54) is 18.2 Å². The summed E-state index contributed by atoms with van der Waals surface area (Å²) in [6.45, 7) is 1.80. The molecule has 0 spiro atoms. The molecule has 4 nitrogen and oxygen atoms in total. The Morgan fingerprint density at radius 1 is 1.29 bits per heavy atom. The molecule has 0 saturated heterocycles. The fraction of sp³-hybridized carbons (Fsp3) is 0.133. The zero-order chi connectivity index (χ0) is 15.4. The maximum absolute atomic E-state index is 13.4. The van der Waals surface area contributed by atoms with Crippen molar-refractivity contribution in [3.63, 3.8) is 0 Å². The molecule has 0 aliphatic carbocycles. The summed E-state index contributed by atoms with van der Waals surface area (Å²) < 4.78 is 25.5. The van der Waals surface area contributed by atoms with Crippen LogP contribution in [-0.4, -0.2) is 15.9 Å². The van der Waals surface area contributed by atoms with Gasteiger partial charge in [0, 0.05) is 10.6 Å². The minimum absolute atomic E-state index is 0.0768. The molecule has 0 saturated carbocycles. The van der Waals surface area contributed by atoms with Crippen LogP contribution in [0.4, 0.5) is 15.8 Å². The van der Waals surface area contributed by atoms with Crippen LogP contribution in [-0.2, 0) is 15.6 Å². The summed E-state index contributed by atoms with van der Waals surface area (Å²) in [5, 5.41) is 2.41. The van der Waals surface area contributed by atoms with Crippen molar-refractivity contribution in [2.75, 3.05) is 16.8 Å². The summed E-state index contributed by atoms with van der Waals surface area (Å²) in [5.41, 5.74) is 7.17. The molecular weight excluding hydrogens is 291 g/mol. The van der Waals surface area contributed by atoms with Crippen molar-refractivity contribution in [3.8, 4) is 0 Å². The Kier molecular flexibility index (Phi) is 4.70. The predicted molar refractivity (Wildman–Crippen MR) is 81.9 cm³/mol. The van der Waals surface area contributed by atoms with Crippen molar-refractivity contribution in [3.05, 3.63) is 53.8 Å². The lowest BCUT2D eigenvalue weighted by Crippen LogP contribution is -2.20. The number of nitrogen functional groups attached to an aromatic ring is 1. The Hall–Kier alpha value is -2.21. The molecule has 0 bridgehead atoms. The number of nitrogens with one attached hydrogen (secondary N) is 1. The number of hydrogen-bond donors (Lipinski definition) is 2. The molecule has 110 valence electrons. The first-order valence-corrected chi connectivity index (χ1v) is 7.58. The number of carbonyl (C=O) groups is 1. The Balaban J connectivity index is 2.04. The van der Waals surface area contributed by atoms with Gasteiger partial charge in [0.05, 0.1) is 16.5 Å². The summed E-state index contributed by atoms with van der Waals surface area (Å²) >= 11 is 0. The average molecular weight is 306 g/mol. The normalized spacial score (nSPS) is 11.9. The van der Waals surface area contributed by atoms with E-state index in [-0.39, 0.29) is 11.4 Å². The highest BCUT2D eigenvalue weighted by Crippen LogP contribution is 2.16. The molecule has 0 aromatic heterocycles. The van der Waals surface area contributed by atoms with E-state index in [4.69, 9.17) is 5.73 Å². The number of hydrogen-bond acceptors (Lipinski definition) is 3. The zero-order valence-electron chi connectivity index (χ0n) is 11.4. The number of benzene rings is 2. The monoisotopic (exact) mass is 306 g/mol. The van der Waals surface area contributed by atoms with Crippen LogP contribution in [0.5, 0.6) is 0 Å². The first-order valence-electron chi connectivity index (χ1n) is 6.26. The Labute approximate surface area is 124 Å². The topological polar surface area (TPSA) is 72.2 Å². The molecule has 2 aromatic carbocycles. The van der Waals surface area contributed by atoms with Gasteiger partial charge in [-0.3, -0.25) is 9.00 Å². The summed E-state index contributed by atoms with van der Waals surface area (Å²) in [6, 6.07) is 10.8. The number of rotatable bonds is 4. The van der Waals surface area contributed by atoms with Gasteiger partial charge in [-0.2, -0.15) is 0 Å². The van der Waals surface area contributed by atoms with Crippen molar-refractivity contribution in [1.82, 2.24) is 0 Å². The molecule has 2 rings (SSSR count). The standard InChI is InChI=1S/C15H15FN2O2S/c1-10-8-11(6-7-13(10)17)21(20)9-15(19)18-14-5-3-2-4-12(14)16/h2-8H,9,17H2,1H3,(H,18,19). The van der Waals surface area contributed by atoms with Gasteiger partial charge in [0.2, 0.25) is 5.91 Å². The van der Waals surface area contributed by atoms with Crippen LogP contribution < -0.4 is 11.1 Å². The van der Waals surface area contributed by atoms with Crippen molar-refractivity contribution < 1.29 is 13.4 Å². The van der Waals surface area contributed by atoms with Crippen molar-refractivity contribution >= 4 is 28.1 Å². The van der Waals surface area contributed by atoms with Gasteiger partial charge >= 0.3 is 0 Å². The van der Waals surface area contributed by atoms with Gasteiger partial charge in [-0.1, -0.05) is 12.1 Å². The van der Waals surface area contributed by atoms with Gasteiger partial charge in [0.1, 0.15) is 11.6 Å². The molecule has 0 aliphatic rings. The molecule has 21 heavy (non-hydrogen) atoms. The summed E-state index contributed by atoms with van der Waals surface area (Å²) in [4.78, 5) is 12.3. The summed E-state index contributed by atoms with van der Waals surface area (Å²) in [7, 11) is -1.50. The fourth-order valence-corrected chi connectivity index (χ4v) is 2.75. The number of carbonyl (C=O) groups excluding carboxylic acids is 1. The number of amides is 1. The lowest BCUT2D eigenvalue weighted by Gasteiger charge is -2.07. The van der Waals surface area contributed by atoms with Crippen LogP contribution in [0.3, 0.4) is 0 Å². The van der Waals surface area contributed by atoms with E-state index < -0.39 is 22.5 Å². The van der Waals surface area contributed by atoms with E-state index in [0.29, 0.717) is 10.6 Å². The van der Waals surface area contributed by atoms with Crippen LogP contribution in [0.15, 0.2) is 47.4 Å². The van der Waals surface area contributed by atoms with E-state index in [0.717, 1.165) is 5.56 Å². The molecule has 3 N–H and O–H groups in total. The molecule has 0 aliphatic heterocycles. The van der Waals surface area contributed by atoms with Crippen molar-refractivity contribution in [1.29, 1.82) is 0 Å². The molecule has 0 fully saturated rings. The Morgan fingerprint density at radius 2 is 2.00 bits per heavy atom. The minimum atomic E-state index is -1.50. The number of nitrogens with two attached hydrogens (primary N) is 1. The molecule has 2 aromatic rings. The van der Waals surface area contributed by atoms with E-state index >= 15 is 0 Å². The minimum Gasteiger partial charge on any atom is -0.399 e. The van der Waals surface area contributed by atoms with Crippen LogP contribution in [0, 0.1) is 12.7 Å². The van der Waals surface area contributed by atoms with Crippen molar-refractivity contribution in [2.24, 2.45) is 0 Å². The van der Waals surface area contributed by atoms with E-state index in [2.05, 4.69) is 5.32 Å². The quantitative estimate of drug-likeness (QED) is 0.852. The van der Waals surface area contributed by atoms with Gasteiger partial charge in [-0.05, 0) is 42.8 Å². The first kappa shape index (κ1) is 15.2. The molecule has 6 heteroatoms. The zero-order valence-corrected chi connectivity index (χ0v) is 12.2. The maximum atomic E-state index is 13.4. The van der Waals surface area contributed by atoms with E-state index in [1.54, 1.807) is 31.2 Å². The molecule has 1 unspecified atom stereocenters. The van der Waals surface area contributed by atoms with Gasteiger partial charge < -0.3 is 11.1 Å². The Bertz CT molecular complexity index is 704. The van der Waals surface area contributed by atoms with Crippen LogP contribution in [0.1, 0.15) is 5.56 Å². The van der Waals surface area contributed by atoms with E-state index in [1.807, 2.05) is 0 Å². The van der Waals surface area contributed by atoms with Crippen LogP contribution in [0.25, 0.3) is 0 Å².